The molecule has 1 saturated carbocycles. The average Bonchev–Trinajstić information content (AvgIpc) is 3.21. The number of carbonyl (C=O) groups is 2. The number of halogens is 1. The van der Waals surface area contributed by atoms with Gasteiger partial charge in [0.15, 0.2) is 0 Å². The van der Waals surface area contributed by atoms with E-state index in [-0.39, 0.29) is 23.2 Å². The minimum atomic E-state index is -0.380. The number of hydrogen-bond donors (Lipinski definition) is 2. The molecule has 2 amide bonds. The van der Waals surface area contributed by atoms with Crippen molar-refractivity contribution < 1.29 is 18.7 Å². The third-order valence-electron chi connectivity index (χ3n) is 6.02. The molecule has 0 saturated heterocycles. The van der Waals surface area contributed by atoms with Crippen LogP contribution in [0.15, 0.2) is 42.5 Å². The van der Waals surface area contributed by atoms with Crippen LogP contribution >= 0.6 is 0 Å². The second kappa shape index (κ2) is 8.86. The smallest absolute Gasteiger partial charge is 0.224 e. The van der Waals surface area contributed by atoms with Gasteiger partial charge in [-0.05, 0) is 67.1 Å². The Bertz CT molecular complexity index is 921. The molecule has 30 heavy (non-hydrogen) atoms. The van der Waals surface area contributed by atoms with Crippen molar-refractivity contribution in [3.05, 3.63) is 59.4 Å². The molecule has 0 unspecified atom stereocenters. The fourth-order valence-electron chi connectivity index (χ4n) is 4.44. The third-order valence-corrected chi connectivity index (χ3v) is 6.02. The fourth-order valence-corrected chi connectivity index (χ4v) is 4.44. The van der Waals surface area contributed by atoms with E-state index in [1.54, 1.807) is 12.1 Å². The van der Waals surface area contributed by atoms with E-state index in [9.17, 15) is 14.0 Å². The maximum absolute atomic E-state index is 13.3. The maximum atomic E-state index is 13.3. The van der Waals surface area contributed by atoms with Crippen molar-refractivity contribution in [1.82, 2.24) is 5.32 Å². The van der Waals surface area contributed by atoms with Crippen molar-refractivity contribution in [2.75, 3.05) is 11.9 Å². The molecule has 0 aromatic heterocycles. The zero-order valence-electron chi connectivity index (χ0n) is 17.0. The Kier molecular flexibility index (Phi) is 6.02. The predicted octanol–water partition coefficient (Wildman–Crippen LogP) is 4.46. The SMILES string of the molecule is O=C1CCc2cc(OCCCC(=O)NC3(c4ccc(F)cc4)CCCC3)ccc2N1. The first-order valence-electron chi connectivity index (χ1n) is 10.7. The molecule has 1 aliphatic heterocycles. The number of hydrogen-bond acceptors (Lipinski definition) is 3. The van der Waals surface area contributed by atoms with Gasteiger partial charge in [0.2, 0.25) is 11.8 Å². The summed E-state index contributed by atoms with van der Waals surface area (Å²) in [6.45, 7) is 0.447. The van der Waals surface area contributed by atoms with Crippen molar-refractivity contribution in [2.45, 2.75) is 56.9 Å². The summed E-state index contributed by atoms with van der Waals surface area (Å²) < 4.78 is 19.1. The quantitative estimate of drug-likeness (QED) is 0.663. The van der Waals surface area contributed by atoms with Crippen LogP contribution in [0.2, 0.25) is 0 Å². The van der Waals surface area contributed by atoms with Gasteiger partial charge in [-0.25, -0.2) is 4.39 Å². The third kappa shape index (κ3) is 4.64. The molecule has 158 valence electrons. The number of aryl methyl sites for hydroxylation is 1. The van der Waals surface area contributed by atoms with Crippen LogP contribution in [-0.4, -0.2) is 18.4 Å². The minimum absolute atomic E-state index is 0.00187. The number of anilines is 1. The van der Waals surface area contributed by atoms with Crippen LogP contribution in [0.1, 0.15) is 56.1 Å². The van der Waals surface area contributed by atoms with Crippen molar-refractivity contribution in [3.63, 3.8) is 0 Å². The van der Waals surface area contributed by atoms with Gasteiger partial charge in [-0.1, -0.05) is 25.0 Å². The highest BCUT2D eigenvalue weighted by atomic mass is 19.1. The Morgan fingerprint density at radius 3 is 2.63 bits per heavy atom. The molecule has 5 nitrogen and oxygen atoms in total. The van der Waals surface area contributed by atoms with Crippen LogP contribution in [0.3, 0.4) is 0 Å². The molecule has 2 N–H and O–H groups in total. The Hall–Kier alpha value is -2.89. The van der Waals surface area contributed by atoms with Crippen LogP contribution in [0.5, 0.6) is 5.75 Å². The van der Waals surface area contributed by atoms with Gasteiger partial charge in [0.1, 0.15) is 11.6 Å². The van der Waals surface area contributed by atoms with E-state index in [0.29, 0.717) is 32.3 Å². The molecule has 0 atom stereocenters. The summed E-state index contributed by atoms with van der Waals surface area (Å²) in [6, 6.07) is 12.1. The zero-order chi connectivity index (χ0) is 21.0. The summed E-state index contributed by atoms with van der Waals surface area (Å²) in [5, 5.41) is 6.07. The standard InChI is InChI=1S/C24H27FN2O3/c25-19-8-6-18(7-9-19)24(13-1-2-14-24)27-23(29)4-3-15-30-20-10-11-21-17(16-20)5-12-22(28)26-21/h6-11,16H,1-5,12-15H2,(H,26,28)(H,27,29). The number of rotatable bonds is 7. The molecule has 2 aromatic rings. The summed E-state index contributed by atoms with van der Waals surface area (Å²) in [6.07, 6.45) is 6.07. The summed E-state index contributed by atoms with van der Waals surface area (Å²) in [4.78, 5) is 24.0. The summed E-state index contributed by atoms with van der Waals surface area (Å²) in [5.74, 6) is 0.532. The van der Waals surface area contributed by atoms with Crippen LogP contribution in [0, 0.1) is 5.82 Å². The topological polar surface area (TPSA) is 67.4 Å². The summed E-state index contributed by atoms with van der Waals surface area (Å²) in [7, 11) is 0. The highest BCUT2D eigenvalue weighted by molar-refractivity contribution is 5.94. The van der Waals surface area contributed by atoms with Crippen LogP contribution in [0.4, 0.5) is 10.1 Å². The van der Waals surface area contributed by atoms with Gasteiger partial charge >= 0.3 is 0 Å². The molecule has 2 aliphatic rings. The van der Waals surface area contributed by atoms with Gasteiger partial charge < -0.3 is 15.4 Å². The molecule has 2 aromatic carbocycles. The number of benzene rings is 2. The van der Waals surface area contributed by atoms with Gasteiger partial charge in [-0.3, -0.25) is 9.59 Å². The molecule has 6 heteroatoms. The van der Waals surface area contributed by atoms with Gasteiger partial charge in [-0.2, -0.15) is 0 Å². The van der Waals surface area contributed by atoms with Crippen LogP contribution in [-0.2, 0) is 21.5 Å². The van der Waals surface area contributed by atoms with E-state index in [1.165, 1.54) is 12.1 Å². The van der Waals surface area contributed by atoms with Crippen molar-refractivity contribution in [3.8, 4) is 5.75 Å². The lowest BCUT2D eigenvalue weighted by Gasteiger charge is -2.31. The average molecular weight is 410 g/mol. The highest BCUT2D eigenvalue weighted by Crippen LogP contribution is 2.39. The molecule has 1 fully saturated rings. The second-order valence-electron chi connectivity index (χ2n) is 8.16. The Balaban J connectivity index is 1.27. The van der Waals surface area contributed by atoms with Gasteiger partial charge in [0, 0.05) is 18.5 Å². The Labute approximate surface area is 176 Å². The largest absolute Gasteiger partial charge is 0.494 e. The second-order valence-corrected chi connectivity index (χ2v) is 8.16. The monoisotopic (exact) mass is 410 g/mol. The first-order valence-corrected chi connectivity index (χ1v) is 10.7. The molecule has 0 radical (unpaired) electrons. The van der Waals surface area contributed by atoms with Gasteiger partial charge in [0.25, 0.3) is 0 Å². The Morgan fingerprint density at radius 2 is 1.87 bits per heavy atom. The molecular weight excluding hydrogens is 383 g/mol. The number of fused-ring (bicyclic) bond motifs is 1. The molecule has 0 spiro atoms. The fraction of sp³-hybridized carbons (Fsp3) is 0.417. The van der Waals surface area contributed by atoms with E-state index in [2.05, 4.69) is 10.6 Å². The lowest BCUT2D eigenvalue weighted by Crippen LogP contribution is -2.43. The highest BCUT2D eigenvalue weighted by Gasteiger charge is 2.36. The lowest BCUT2D eigenvalue weighted by atomic mass is 9.88. The van der Waals surface area contributed by atoms with E-state index in [0.717, 1.165) is 48.2 Å². The van der Waals surface area contributed by atoms with Gasteiger partial charge in [0.05, 0.1) is 12.1 Å². The lowest BCUT2D eigenvalue weighted by molar-refractivity contribution is -0.123. The Morgan fingerprint density at radius 1 is 1.10 bits per heavy atom. The number of ether oxygens (including phenoxy) is 1. The normalized spacial score (nSPS) is 17.2. The minimum Gasteiger partial charge on any atom is -0.494 e. The molecule has 1 heterocycles. The van der Waals surface area contributed by atoms with Gasteiger partial charge in [-0.15, -0.1) is 0 Å². The van der Waals surface area contributed by atoms with E-state index in [1.807, 2.05) is 18.2 Å². The van der Waals surface area contributed by atoms with Crippen molar-refractivity contribution >= 4 is 17.5 Å². The molecule has 1 aliphatic carbocycles. The predicted molar refractivity (Wildman–Crippen MR) is 113 cm³/mol. The van der Waals surface area contributed by atoms with Crippen molar-refractivity contribution in [2.24, 2.45) is 0 Å². The molecule has 4 rings (SSSR count). The van der Waals surface area contributed by atoms with E-state index >= 15 is 0 Å². The molecule has 0 bridgehead atoms. The summed E-state index contributed by atoms with van der Waals surface area (Å²) >= 11 is 0. The van der Waals surface area contributed by atoms with Crippen molar-refractivity contribution in [1.29, 1.82) is 0 Å². The van der Waals surface area contributed by atoms with E-state index < -0.39 is 0 Å². The van der Waals surface area contributed by atoms with E-state index in [4.69, 9.17) is 4.74 Å². The maximum Gasteiger partial charge on any atom is 0.224 e. The first kappa shape index (κ1) is 20.4. The number of nitrogens with one attached hydrogen (secondary N) is 2. The number of carbonyl (C=O) groups excluding carboxylic acids is 2. The van der Waals surface area contributed by atoms with Crippen LogP contribution in [0.25, 0.3) is 0 Å². The first-order chi connectivity index (χ1) is 14.5. The summed E-state index contributed by atoms with van der Waals surface area (Å²) in [5.41, 5.74) is 2.52. The van der Waals surface area contributed by atoms with Crippen LogP contribution < -0.4 is 15.4 Å². The molecular formula is C24H27FN2O3. The number of amides is 2. The zero-order valence-corrected chi connectivity index (χ0v) is 17.0.